The average Bonchev–Trinajstić information content (AvgIpc) is 3.01. The maximum absolute atomic E-state index is 11.9. The summed E-state index contributed by atoms with van der Waals surface area (Å²) in [4.78, 5) is 11.9. The number of carbonyl (C=O) groups excluding carboxylic acids is 1. The summed E-state index contributed by atoms with van der Waals surface area (Å²) in [6.45, 7) is 3.98. The fourth-order valence-electron chi connectivity index (χ4n) is 1.93. The van der Waals surface area contributed by atoms with Crippen molar-refractivity contribution in [1.82, 2.24) is 10.2 Å². The van der Waals surface area contributed by atoms with Gasteiger partial charge in [-0.3, -0.25) is 4.79 Å². The quantitative estimate of drug-likeness (QED) is 0.604. The monoisotopic (exact) mass is 346 g/mol. The van der Waals surface area contributed by atoms with Gasteiger partial charge in [0.25, 0.3) is 0 Å². The lowest BCUT2D eigenvalue weighted by molar-refractivity contribution is -0.119. The fourth-order valence-corrected chi connectivity index (χ4v) is 3.64. The number of anilines is 1. The van der Waals surface area contributed by atoms with Crippen LogP contribution in [0, 0.1) is 17.2 Å². The maximum Gasteiger partial charge on any atom is 0.229 e. The number of hydrogen-bond donors (Lipinski definition) is 1. The molecular formula is C16H18N4OS2. The Kier molecular flexibility index (Phi) is 6.56. The van der Waals surface area contributed by atoms with E-state index < -0.39 is 0 Å². The van der Waals surface area contributed by atoms with Crippen LogP contribution in [0.1, 0.15) is 37.8 Å². The molecule has 0 radical (unpaired) electrons. The molecule has 7 heteroatoms. The summed E-state index contributed by atoms with van der Waals surface area (Å²) in [6, 6.07) is 9.57. The molecule has 0 aliphatic heterocycles. The molecule has 1 unspecified atom stereocenters. The van der Waals surface area contributed by atoms with Crippen LogP contribution in [-0.4, -0.2) is 16.1 Å². The Morgan fingerprint density at radius 2 is 2.13 bits per heavy atom. The molecule has 2 rings (SSSR count). The van der Waals surface area contributed by atoms with E-state index in [9.17, 15) is 4.79 Å². The summed E-state index contributed by atoms with van der Waals surface area (Å²) < 4.78 is 0.813. The molecule has 0 aliphatic carbocycles. The van der Waals surface area contributed by atoms with Crippen molar-refractivity contribution in [3.8, 4) is 6.07 Å². The van der Waals surface area contributed by atoms with Gasteiger partial charge in [-0.15, -0.1) is 10.2 Å². The molecule has 120 valence electrons. The third kappa shape index (κ3) is 5.34. The van der Waals surface area contributed by atoms with Crippen LogP contribution in [-0.2, 0) is 10.5 Å². The normalized spacial score (nSPS) is 11.7. The third-order valence-electron chi connectivity index (χ3n) is 3.25. The van der Waals surface area contributed by atoms with Crippen LogP contribution < -0.4 is 5.32 Å². The molecule has 0 saturated carbocycles. The van der Waals surface area contributed by atoms with E-state index in [0.717, 1.165) is 28.5 Å². The molecule has 23 heavy (non-hydrogen) atoms. The molecule has 0 bridgehead atoms. The van der Waals surface area contributed by atoms with Gasteiger partial charge in [0.1, 0.15) is 0 Å². The first-order chi connectivity index (χ1) is 11.1. The van der Waals surface area contributed by atoms with E-state index >= 15 is 0 Å². The van der Waals surface area contributed by atoms with Gasteiger partial charge in [-0.2, -0.15) is 5.26 Å². The summed E-state index contributed by atoms with van der Waals surface area (Å²) in [5.74, 6) is 0.728. The predicted molar refractivity (Wildman–Crippen MR) is 93.3 cm³/mol. The molecule has 0 aliphatic rings. The number of nitriles is 1. The Hall–Kier alpha value is -1.91. The third-order valence-corrected chi connectivity index (χ3v) is 5.29. The first kappa shape index (κ1) is 17.4. The van der Waals surface area contributed by atoms with Crippen LogP contribution in [0.5, 0.6) is 0 Å². The van der Waals surface area contributed by atoms with Gasteiger partial charge in [-0.25, -0.2) is 0 Å². The number of thioether (sulfide) groups is 1. The van der Waals surface area contributed by atoms with Crippen LogP contribution in [0.3, 0.4) is 0 Å². The minimum absolute atomic E-state index is 0.00774. The van der Waals surface area contributed by atoms with E-state index in [1.54, 1.807) is 23.9 Å². The second-order valence-corrected chi connectivity index (χ2v) is 7.35. The number of nitrogens with zero attached hydrogens (tertiary/aromatic N) is 3. The van der Waals surface area contributed by atoms with E-state index in [0.29, 0.717) is 10.7 Å². The van der Waals surface area contributed by atoms with Gasteiger partial charge in [-0.05, 0) is 24.1 Å². The average molecular weight is 346 g/mol. The molecule has 2 aromatic rings. The summed E-state index contributed by atoms with van der Waals surface area (Å²) in [5, 5.41) is 20.2. The lowest BCUT2D eigenvalue weighted by Gasteiger charge is -2.07. The lowest BCUT2D eigenvalue weighted by atomic mass is 10.1. The van der Waals surface area contributed by atoms with Gasteiger partial charge in [-0.1, -0.05) is 55.5 Å². The van der Waals surface area contributed by atoms with Crippen LogP contribution in [0.15, 0.2) is 28.6 Å². The molecule has 1 aromatic heterocycles. The summed E-state index contributed by atoms with van der Waals surface area (Å²) in [7, 11) is 0. The van der Waals surface area contributed by atoms with Crippen LogP contribution in [0.25, 0.3) is 0 Å². The molecule has 1 aromatic carbocycles. The Labute approximate surface area is 144 Å². The molecule has 0 fully saturated rings. The minimum Gasteiger partial charge on any atom is -0.300 e. The van der Waals surface area contributed by atoms with Gasteiger partial charge in [0.05, 0.1) is 11.6 Å². The molecule has 0 saturated heterocycles. The zero-order valence-electron chi connectivity index (χ0n) is 13.1. The number of nitrogens with one attached hydrogen (secondary N) is 1. The molecule has 1 N–H and O–H groups in total. The van der Waals surface area contributed by atoms with Crippen molar-refractivity contribution in [2.45, 2.75) is 36.8 Å². The first-order valence-electron chi connectivity index (χ1n) is 7.38. The zero-order valence-corrected chi connectivity index (χ0v) is 14.7. The van der Waals surface area contributed by atoms with Crippen molar-refractivity contribution in [2.75, 3.05) is 5.32 Å². The van der Waals surface area contributed by atoms with Gasteiger partial charge in [0, 0.05) is 11.7 Å². The fraction of sp³-hybridized carbons (Fsp3) is 0.375. The van der Waals surface area contributed by atoms with Crippen molar-refractivity contribution in [1.29, 1.82) is 5.26 Å². The highest BCUT2D eigenvalue weighted by molar-refractivity contribution is 8.00. The summed E-state index contributed by atoms with van der Waals surface area (Å²) >= 11 is 2.94. The highest BCUT2D eigenvalue weighted by Crippen LogP contribution is 2.28. The second kappa shape index (κ2) is 8.65. The van der Waals surface area contributed by atoms with Crippen molar-refractivity contribution < 1.29 is 4.79 Å². The van der Waals surface area contributed by atoms with Crippen molar-refractivity contribution in [3.63, 3.8) is 0 Å². The lowest BCUT2D eigenvalue weighted by Crippen LogP contribution is -2.20. The van der Waals surface area contributed by atoms with E-state index in [1.807, 2.05) is 19.1 Å². The minimum atomic E-state index is -0.0151. The van der Waals surface area contributed by atoms with Gasteiger partial charge >= 0.3 is 0 Å². The van der Waals surface area contributed by atoms with E-state index in [-0.39, 0.29) is 11.8 Å². The topological polar surface area (TPSA) is 78.7 Å². The number of hydrogen-bond acceptors (Lipinski definition) is 6. The number of amides is 1. The van der Waals surface area contributed by atoms with Gasteiger partial charge in [0.15, 0.2) is 4.34 Å². The Morgan fingerprint density at radius 3 is 2.78 bits per heavy atom. The molecule has 5 nitrogen and oxygen atoms in total. The van der Waals surface area contributed by atoms with Crippen molar-refractivity contribution in [3.05, 3.63) is 35.4 Å². The Bertz CT molecular complexity index is 691. The number of carbonyl (C=O) groups is 1. The number of benzene rings is 1. The van der Waals surface area contributed by atoms with Crippen LogP contribution in [0.2, 0.25) is 0 Å². The number of rotatable bonds is 7. The van der Waals surface area contributed by atoms with Gasteiger partial charge < -0.3 is 5.32 Å². The molecular weight excluding hydrogens is 328 g/mol. The SMILES string of the molecule is CCCC(C)C(=O)Nc1nnc(SCc2ccc(C#N)cc2)s1. The van der Waals surface area contributed by atoms with Crippen LogP contribution in [0.4, 0.5) is 5.13 Å². The standard InChI is InChI=1S/C16H18N4OS2/c1-3-4-11(2)14(21)18-15-19-20-16(23-15)22-10-13-7-5-12(9-17)6-8-13/h5-8,11H,3-4,10H2,1-2H3,(H,18,19,21). The highest BCUT2D eigenvalue weighted by Gasteiger charge is 2.14. The van der Waals surface area contributed by atoms with E-state index in [4.69, 9.17) is 5.26 Å². The summed E-state index contributed by atoms with van der Waals surface area (Å²) in [6.07, 6.45) is 1.85. The summed E-state index contributed by atoms with van der Waals surface area (Å²) in [5.41, 5.74) is 1.77. The number of aromatic nitrogens is 2. The van der Waals surface area contributed by atoms with Crippen LogP contribution >= 0.6 is 23.1 Å². The predicted octanol–water partition coefficient (Wildman–Crippen LogP) is 4.08. The Balaban J connectivity index is 1.87. The molecule has 1 atom stereocenters. The van der Waals surface area contributed by atoms with E-state index in [1.165, 1.54) is 11.3 Å². The largest absolute Gasteiger partial charge is 0.300 e. The van der Waals surface area contributed by atoms with Crippen molar-refractivity contribution in [2.24, 2.45) is 5.92 Å². The molecule has 0 spiro atoms. The highest BCUT2D eigenvalue weighted by atomic mass is 32.2. The Morgan fingerprint density at radius 1 is 1.39 bits per heavy atom. The molecule has 1 amide bonds. The second-order valence-electron chi connectivity index (χ2n) is 5.15. The van der Waals surface area contributed by atoms with Crippen molar-refractivity contribution >= 4 is 34.1 Å². The zero-order chi connectivity index (χ0) is 16.7. The first-order valence-corrected chi connectivity index (χ1v) is 9.18. The van der Waals surface area contributed by atoms with E-state index in [2.05, 4.69) is 28.5 Å². The molecule has 1 heterocycles. The smallest absolute Gasteiger partial charge is 0.229 e. The van der Waals surface area contributed by atoms with Gasteiger partial charge in [0.2, 0.25) is 11.0 Å². The maximum atomic E-state index is 11.9.